The van der Waals surface area contributed by atoms with E-state index in [2.05, 4.69) is 76.6 Å². The predicted molar refractivity (Wildman–Crippen MR) is 128 cm³/mol. The molecule has 0 radical (unpaired) electrons. The average Bonchev–Trinajstić information content (AvgIpc) is 2.89. The minimum absolute atomic E-state index is 1.04. The van der Waals surface area contributed by atoms with Crippen molar-refractivity contribution >= 4 is 107 Å². The lowest BCUT2D eigenvalue weighted by molar-refractivity contribution is 0.576. The molecule has 0 spiro atoms. The highest BCUT2D eigenvalue weighted by molar-refractivity contribution is 6.66. The molecule has 0 bridgehead atoms. The number of fused-ring (bicyclic) bond motifs is 1. The smallest absolute Gasteiger partial charge is 0.143 e. The first-order valence-electron chi connectivity index (χ1n) is 8.41. The van der Waals surface area contributed by atoms with Crippen molar-refractivity contribution in [1.82, 2.24) is 0 Å². The molecule has 9 heteroatoms. The molecule has 1 aromatic heterocycles. The highest BCUT2D eigenvalue weighted by atomic mass is 16.3. The minimum Gasteiger partial charge on any atom is -0.458 e. The highest BCUT2D eigenvalue weighted by Gasteiger charge is 2.15. The Balaban J connectivity index is 3.32. The largest absolute Gasteiger partial charge is 0.458 e. The molecule has 2 aromatic rings. The van der Waals surface area contributed by atoms with Crippen LogP contribution in [-0.4, -0.2) is 62.8 Å². The van der Waals surface area contributed by atoms with Crippen molar-refractivity contribution in [2.75, 3.05) is 0 Å². The maximum Gasteiger partial charge on any atom is 0.143 e. The molecule has 0 amide bonds. The summed E-state index contributed by atoms with van der Waals surface area (Å²) in [4.78, 5) is 0. The van der Waals surface area contributed by atoms with Gasteiger partial charge in [-0.1, -0.05) is 34.3 Å². The Bertz CT molecular complexity index is 959. The van der Waals surface area contributed by atoms with Crippen LogP contribution >= 0.6 is 0 Å². The lowest BCUT2D eigenvalue weighted by Gasteiger charge is -2.12. The molecular formula is C14H22B8O. The second-order valence-corrected chi connectivity index (χ2v) is 7.26. The van der Waals surface area contributed by atoms with Crippen LogP contribution in [0.1, 0.15) is 13.8 Å². The van der Waals surface area contributed by atoms with Gasteiger partial charge < -0.3 is 4.42 Å². The quantitative estimate of drug-likeness (QED) is 0.476. The van der Waals surface area contributed by atoms with Crippen LogP contribution in [-0.2, 0) is 0 Å². The summed E-state index contributed by atoms with van der Waals surface area (Å²) in [6.45, 7) is 4.31. The monoisotopic (exact) mass is 294 g/mol. The maximum atomic E-state index is 6.38. The number of rotatable bonds is 1. The van der Waals surface area contributed by atoms with Crippen molar-refractivity contribution in [3.8, 4) is 0 Å². The van der Waals surface area contributed by atoms with Crippen LogP contribution in [0.25, 0.3) is 21.9 Å². The van der Waals surface area contributed by atoms with E-state index in [0.29, 0.717) is 0 Å². The SMILES string of the molecule is B/C(C)=C(B)/C(B)=c1\c(=C(\B)C)oc2c(B)c(B)c(B)c(B)c12. The summed E-state index contributed by atoms with van der Waals surface area (Å²) < 4.78 is 6.38. The Morgan fingerprint density at radius 3 is 1.78 bits per heavy atom. The summed E-state index contributed by atoms with van der Waals surface area (Å²) in [7, 11) is 17.6. The van der Waals surface area contributed by atoms with Crippen LogP contribution in [0.3, 0.4) is 0 Å². The van der Waals surface area contributed by atoms with Crippen molar-refractivity contribution in [3.63, 3.8) is 0 Å². The van der Waals surface area contributed by atoms with Crippen LogP contribution < -0.4 is 32.5 Å². The summed E-state index contributed by atoms with van der Waals surface area (Å²) in [6, 6.07) is 0. The summed E-state index contributed by atoms with van der Waals surface area (Å²) in [5.41, 5.74) is 12.7. The molecule has 1 heterocycles. The van der Waals surface area contributed by atoms with E-state index in [1.165, 1.54) is 54.3 Å². The van der Waals surface area contributed by atoms with E-state index in [1.807, 2.05) is 0 Å². The molecule has 0 N–H and O–H groups in total. The Morgan fingerprint density at radius 1 is 0.783 bits per heavy atom. The molecule has 108 valence electrons. The summed E-state index contributed by atoms with van der Waals surface area (Å²) in [5.74, 6) is 0. The molecule has 0 fully saturated rings. The topological polar surface area (TPSA) is 13.1 Å². The third-order valence-corrected chi connectivity index (χ3v) is 5.45. The zero-order valence-corrected chi connectivity index (χ0v) is 16.4. The lowest BCUT2D eigenvalue weighted by atomic mass is 9.64. The fourth-order valence-corrected chi connectivity index (χ4v) is 3.25. The van der Waals surface area contributed by atoms with Gasteiger partial charge in [-0.25, -0.2) is 0 Å². The van der Waals surface area contributed by atoms with E-state index in [9.17, 15) is 0 Å². The van der Waals surface area contributed by atoms with E-state index in [4.69, 9.17) is 4.42 Å². The van der Waals surface area contributed by atoms with Gasteiger partial charge in [-0.05, 0) is 6.92 Å². The average molecular weight is 293 g/mol. The van der Waals surface area contributed by atoms with Gasteiger partial charge in [-0.3, -0.25) is 0 Å². The zero-order chi connectivity index (χ0) is 17.6. The van der Waals surface area contributed by atoms with Gasteiger partial charge >= 0.3 is 0 Å². The maximum absolute atomic E-state index is 6.38. The van der Waals surface area contributed by atoms with Gasteiger partial charge in [-0.2, -0.15) is 0 Å². The van der Waals surface area contributed by atoms with Gasteiger partial charge in [0.1, 0.15) is 73.8 Å². The molecule has 0 saturated carbocycles. The first kappa shape index (κ1) is 18.1. The number of hydrogen-bond donors (Lipinski definition) is 0. The Hall–Kier alpha value is -1.24. The standard InChI is InChI=1S/C14H22B8O/c1-3(15)7(17)8(18)5-6-9(19)10(20)11(21)12(22)14(6)23-13(5)4(2)16/h15-22H2,1-2H3/b7-3-,8-5+,13-4-. The predicted octanol–water partition coefficient (Wildman–Crippen LogP) is -8.53. The molecule has 1 aromatic carbocycles. The molecule has 0 atom stereocenters. The molecule has 23 heavy (non-hydrogen) atoms. The van der Waals surface area contributed by atoms with Crippen LogP contribution in [0.4, 0.5) is 0 Å². The van der Waals surface area contributed by atoms with Gasteiger partial charge in [0.2, 0.25) is 0 Å². The molecule has 1 nitrogen and oxygen atoms in total. The third kappa shape index (κ3) is 2.84. The van der Waals surface area contributed by atoms with Crippen LogP contribution in [0.2, 0.25) is 0 Å². The van der Waals surface area contributed by atoms with Gasteiger partial charge in [0.05, 0.1) is 0 Å². The highest BCUT2D eigenvalue weighted by Crippen LogP contribution is 2.08. The van der Waals surface area contributed by atoms with Crippen molar-refractivity contribution in [3.05, 3.63) is 21.6 Å². The van der Waals surface area contributed by atoms with Gasteiger partial charge in [0.25, 0.3) is 0 Å². The van der Waals surface area contributed by atoms with Crippen LogP contribution in [0, 0.1) is 0 Å². The van der Waals surface area contributed by atoms with E-state index in [0.717, 1.165) is 11.0 Å². The van der Waals surface area contributed by atoms with Crippen molar-refractivity contribution in [2.45, 2.75) is 13.8 Å². The molecule has 0 aliphatic rings. The van der Waals surface area contributed by atoms with E-state index < -0.39 is 0 Å². The summed E-state index contributed by atoms with van der Waals surface area (Å²) in [5, 5.41) is 2.57. The second kappa shape index (κ2) is 6.34. The number of hydrogen-bond acceptors (Lipinski definition) is 1. The fourth-order valence-electron chi connectivity index (χ4n) is 3.25. The molecule has 2 rings (SSSR count). The first-order valence-corrected chi connectivity index (χ1v) is 8.41. The van der Waals surface area contributed by atoms with E-state index in [-0.39, 0.29) is 0 Å². The number of benzene rings is 1. The molecule has 0 unspecified atom stereocenters. The fraction of sp³-hybridized carbons (Fsp3) is 0.143. The van der Waals surface area contributed by atoms with Gasteiger partial charge in [0.15, 0.2) is 0 Å². The minimum atomic E-state index is 1.04. The second-order valence-electron chi connectivity index (χ2n) is 7.26. The van der Waals surface area contributed by atoms with Gasteiger partial charge in [0, 0.05) is 10.6 Å². The van der Waals surface area contributed by atoms with Crippen molar-refractivity contribution < 1.29 is 4.42 Å². The van der Waals surface area contributed by atoms with Gasteiger partial charge in [-0.15, -0.1) is 16.4 Å². The van der Waals surface area contributed by atoms with Crippen LogP contribution in [0.5, 0.6) is 0 Å². The van der Waals surface area contributed by atoms with Crippen molar-refractivity contribution in [2.24, 2.45) is 0 Å². The number of furan rings is 1. The molecule has 0 aliphatic carbocycles. The Labute approximate surface area is 146 Å². The molecular weight excluding hydrogens is 271 g/mol. The van der Waals surface area contributed by atoms with E-state index >= 15 is 0 Å². The molecule has 0 saturated heterocycles. The Morgan fingerprint density at radius 2 is 1.30 bits per heavy atom. The molecule has 0 aliphatic heterocycles. The zero-order valence-electron chi connectivity index (χ0n) is 16.4. The van der Waals surface area contributed by atoms with Crippen molar-refractivity contribution in [1.29, 1.82) is 0 Å². The number of allylic oxidation sites excluding steroid dienone is 2. The normalized spacial score (nSPS) is 15.4. The summed E-state index contributed by atoms with van der Waals surface area (Å²) in [6.07, 6.45) is 0. The van der Waals surface area contributed by atoms with E-state index in [1.54, 1.807) is 0 Å². The third-order valence-electron chi connectivity index (χ3n) is 5.45. The first-order chi connectivity index (χ1) is 10.6. The Kier molecular flexibility index (Phi) is 4.99. The van der Waals surface area contributed by atoms with Crippen LogP contribution in [0.15, 0.2) is 15.4 Å². The summed E-state index contributed by atoms with van der Waals surface area (Å²) >= 11 is 0. The lowest BCUT2D eigenvalue weighted by Crippen LogP contribution is -2.48.